The van der Waals surface area contributed by atoms with E-state index in [4.69, 9.17) is 5.73 Å². The zero-order valence-electron chi connectivity index (χ0n) is 9.47. The van der Waals surface area contributed by atoms with Crippen LogP contribution < -0.4 is 11.1 Å². The first-order valence-corrected chi connectivity index (χ1v) is 5.52. The van der Waals surface area contributed by atoms with E-state index in [0.717, 1.165) is 0 Å². The van der Waals surface area contributed by atoms with E-state index in [0.29, 0.717) is 18.6 Å². The lowest BCUT2D eigenvalue weighted by Crippen LogP contribution is -2.33. The second kappa shape index (κ2) is 5.81. The lowest BCUT2D eigenvalue weighted by Gasteiger charge is -2.14. The highest BCUT2D eigenvalue weighted by molar-refractivity contribution is 7.80. The van der Waals surface area contributed by atoms with Crippen LogP contribution in [-0.4, -0.2) is 10.9 Å². The molecule has 0 aromatic heterocycles. The van der Waals surface area contributed by atoms with Gasteiger partial charge in [-0.25, -0.2) is 13.2 Å². The smallest absolute Gasteiger partial charge is 0.234 e. The van der Waals surface area contributed by atoms with Crippen LogP contribution >= 0.6 is 12.2 Å². The van der Waals surface area contributed by atoms with Gasteiger partial charge in [0.25, 0.3) is 0 Å². The molecule has 0 aliphatic rings. The van der Waals surface area contributed by atoms with Crippen molar-refractivity contribution in [3.8, 4) is 0 Å². The van der Waals surface area contributed by atoms with Gasteiger partial charge in [0.1, 0.15) is 5.82 Å². The first-order chi connectivity index (χ1) is 8.36. The highest BCUT2D eigenvalue weighted by atomic mass is 32.1. The molecule has 0 aliphatic carbocycles. The quantitative estimate of drug-likeness (QED) is 0.655. The number of nitrogens with two attached hydrogens (primary N) is 1. The maximum absolute atomic E-state index is 13.3. The van der Waals surface area contributed by atoms with Gasteiger partial charge in [-0.3, -0.25) is 4.79 Å². The number of carbonyl (C=O) groups excluding carboxylic acids is 1. The normalized spacial score (nSPS) is 12.0. The summed E-state index contributed by atoms with van der Waals surface area (Å²) in [6.07, 6.45) is 0.306. The monoisotopic (exact) mass is 276 g/mol. The number of hydrogen-bond donors (Lipinski definition) is 2. The van der Waals surface area contributed by atoms with E-state index in [-0.39, 0.29) is 4.99 Å². The number of benzene rings is 1. The van der Waals surface area contributed by atoms with Crippen molar-refractivity contribution in [2.45, 2.75) is 13.3 Å². The summed E-state index contributed by atoms with van der Waals surface area (Å²) in [6.45, 7) is 1.66. The second-order valence-corrected chi connectivity index (χ2v) is 4.07. The Morgan fingerprint density at radius 3 is 2.56 bits per heavy atom. The van der Waals surface area contributed by atoms with Gasteiger partial charge >= 0.3 is 0 Å². The lowest BCUT2D eigenvalue weighted by atomic mass is 10.1. The van der Waals surface area contributed by atoms with Crippen LogP contribution in [0, 0.1) is 23.4 Å². The Morgan fingerprint density at radius 1 is 1.44 bits per heavy atom. The maximum Gasteiger partial charge on any atom is 0.234 e. The molecule has 3 N–H and O–H groups in total. The van der Waals surface area contributed by atoms with Gasteiger partial charge in [-0.15, -0.1) is 0 Å². The molecule has 0 saturated heterocycles. The van der Waals surface area contributed by atoms with Crippen LogP contribution in [0.15, 0.2) is 12.1 Å². The fourth-order valence-corrected chi connectivity index (χ4v) is 1.66. The molecule has 98 valence electrons. The Labute approximate surface area is 107 Å². The molecule has 0 saturated carbocycles. The van der Waals surface area contributed by atoms with Crippen LogP contribution in [0.1, 0.15) is 13.3 Å². The molecule has 0 fully saturated rings. The van der Waals surface area contributed by atoms with Crippen molar-refractivity contribution in [1.82, 2.24) is 0 Å². The van der Waals surface area contributed by atoms with E-state index in [1.807, 2.05) is 0 Å². The molecule has 1 aromatic carbocycles. The first kappa shape index (κ1) is 14.4. The summed E-state index contributed by atoms with van der Waals surface area (Å²) in [7, 11) is 0. The Balaban J connectivity index is 2.98. The third kappa shape index (κ3) is 3.19. The average Bonchev–Trinajstić information content (AvgIpc) is 2.25. The van der Waals surface area contributed by atoms with Crippen LogP contribution in [-0.2, 0) is 4.79 Å². The zero-order chi connectivity index (χ0) is 13.9. The zero-order valence-corrected chi connectivity index (χ0v) is 10.3. The highest BCUT2D eigenvalue weighted by Gasteiger charge is 2.21. The second-order valence-electron chi connectivity index (χ2n) is 3.60. The molecule has 0 spiro atoms. The van der Waals surface area contributed by atoms with Gasteiger partial charge in [0, 0.05) is 12.1 Å². The van der Waals surface area contributed by atoms with Crippen molar-refractivity contribution in [2.24, 2.45) is 11.7 Å². The van der Waals surface area contributed by atoms with Crippen molar-refractivity contribution in [2.75, 3.05) is 5.32 Å². The van der Waals surface area contributed by atoms with Crippen molar-refractivity contribution >= 4 is 28.8 Å². The molecule has 1 atom stereocenters. The largest absolute Gasteiger partial charge is 0.393 e. The molecule has 1 amide bonds. The number of halogens is 3. The number of hydrogen-bond acceptors (Lipinski definition) is 2. The van der Waals surface area contributed by atoms with Crippen molar-refractivity contribution < 1.29 is 18.0 Å². The molecule has 0 aliphatic heterocycles. The molecule has 0 radical (unpaired) electrons. The van der Waals surface area contributed by atoms with Crippen molar-refractivity contribution in [3.05, 3.63) is 29.6 Å². The molecule has 18 heavy (non-hydrogen) atoms. The van der Waals surface area contributed by atoms with E-state index < -0.39 is 35.0 Å². The SMILES string of the molecule is CCC(C(=O)Nc1cc(F)cc(F)c1F)C(N)=S. The third-order valence-corrected chi connectivity index (χ3v) is 2.60. The van der Waals surface area contributed by atoms with Crippen LogP contribution in [0.25, 0.3) is 0 Å². The van der Waals surface area contributed by atoms with Gasteiger partial charge in [0.15, 0.2) is 11.6 Å². The summed E-state index contributed by atoms with van der Waals surface area (Å²) >= 11 is 4.67. The highest BCUT2D eigenvalue weighted by Crippen LogP contribution is 2.20. The molecule has 0 heterocycles. The Morgan fingerprint density at radius 2 is 2.06 bits per heavy atom. The summed E-state index contributed by atoms with van der Waals surface area (Å²) < 4.78 is 39.1. The molecular formula is C11H11F3N2OS. The number of nitrogens with one attached hydrogen (secondary N) is 1. The summed E-state index contributed by atoms with van der Waals surface area (Å²) in [6, 6.07) is 1.07. The molecular weight excluding hydrogens is 265 g/mol. The molecule has 1 rings (SSSR count). The van der Waals surface area contributed by atoms with Gasteiger partial charge in [0.2, 0.25) is 5.91 Å². The van der Waals surface area contributed by atoms with E-state index in [1.165, 1.54) is 0 Å². The molecule has 7 heteroatoms. The van der Waals surface area contributed by atoms with E-state index in [1.54, 1.807) is 6.92 Å². The van der Waals surface area contributed by atoms with Gasteiger partial charge in [0.05, 0.1) is 16.6 Å². The summed E-state index contributed by atoms with van der Waals surface area (Å²) in [5, 5.41) is 2.06. The Kier molecular flexibility index (Phi) is 4.66. The fraction of sp³-hybridized carbons (Fsp3) is 0.273. The molecule has 3 nitrogen and oxygen atoms in total. The number of rotatable bonds is 4. The lowest BCUT2D eigenvalue weighted by molar-refractivity contribution is -0.118. The number of anilines is 1. The standard InChI is InChI=1S/C11H11F3N2OS/c1-2-6(10(15)18)11(17)16-8-4-5(12)3-7(13)9(8)14/h3-4,6H,2H2,1H3,(H2,15,18)(H,16,17). The minimum absolute atomic E-state index is 0.0627. The first-order valence-electron chi connectivity index (χ1n) is 5.11. The number of amides is 1. The van der Waals surface area contributed by atoms with Crippen molar-refractivity contribution in [1.29, 1.82) is 0 Å². The minimum Gasteiger partial charge on any atom is -0.393 e. The van der Waals surface area contributed by atoms with Crippen LogP contribution in [0.3, 0.4) is 0 Å². The minimum atomic E-state index is -1.38. The van der Waals surface area contributed by atoms with E-state index >= 15 is 0 Å². The summed E-state index contributed by atoms with van der Waals surface area (Å²) in [5.41, 5.74) is 4.75. The van der Waals surface area contributed by atoms with Gasteiger partial charge in [-0.05, 0) is 6.42 Å². The van der Waals surface area contributed by atoms with E-state index in [9.17, 15) is 18.0 Å². The van der Waals surface area contributed by atoms with Crippen LogP contribution in [0.5, 0.6) is 0 Å². The maximum atomic E-state index is 13.3. The summed E-state index contributed by atoms with van der Waals surface area (Å²) in [4.78, 5) is 11.6. The third-order valence-electron chi connectivity index (χ3n) is 2.32. The predicted octanol–water partition coefficient (Wildman–Crippen LogP) is 2.35. The predicted molar refractivity (Wildman–Crippen MR) is 65.5 cm³/mol. The topological polar surface area (TPSA) is 55.1 Å². The number of thiocarbonyl (C=S) groups is 1. The molecule has 1 aromatic rings. The molecule has 0 bridgehead atoms. The molecule has 1 unspecified atom stereocenters. The Bertz CT molecular complexity index is 493. The van der Waals surface area contributed by atoms with Gasteiger partial charge in [-0.1, -0.05) is 19.1 Å². The van der Waals surface area contributed by atoms with E-state index in [2.05, 4.69) is 17.5 Å². The number of carbonyl (C=O) groups is 1. The van der Waals surface area contributed by atoms with Gasteiger partial charge in [-0.2, -0.15) is 0 Å². The van der Waals surface area contributed by atoms with Gasteiger partial charge < -0.3 is 11.1 Å². The van der Waals surface area contributed by atoms with Crippen LogP contribution in [0.2, 0.25) is 0 Å². The van der Waals surface area contributed by atoms with Crippen molar-refractivity contribution in [3.63, 3.8) is 0 Å². The summed E-state index contributed by atoms with van der Waals surface area (Å²) in [5.74, 6) is -5.22. The Hall–Kier alpha value is -1.63. The fourth-order valence-electron chi connectivity index (χ4n) is 1.38. The average molecular weight is 276 g/mol. The van der Waals surface area contributed by atoms with Crippen LogP contribution in [0.4, 0.5) is 18.9 Å².